The highest BCUT2D eigenvalue weighted by atomic mass is 31.2. The molecule has 4 rings (SSSR count). The van der Waals surface area contributed by atoms with Gasteiger partial charge >= 0.3 is 7.60 Å². The number of amides is 1. The van der Waals surface area contributed by atoms with E-state index in [1.807, 2.05) is 13.0 Å². The minimum Gasteiger partial charge on any atom is -0.305 e. The molecule has 2 aromatic heterocycles. The molecule has 204 valence electrons. The van der Waals surface area contributed by atoms with Crippen LogP contribution < -0.4 is 10.6 Å². The minimum absolute atomic E-state index is 0.0174. The van der Waals surface area contributed by atoms with Crippen molar-refractivity contribution in [3.63, 3.8) is 0 Å². The van der Waals surface area contributed by atoms with Crippen LogP contribution in [0.15, 0.2) is 36.4 Å². The van der Waals surface area contributed by atoms with Gasteiger partial charge in [-0.3, -0.25) is 19.4 Å². The molecule has 10 nitrogen and oxygen atoms in total. The molecule has 0 saturated carbocycles. The van der Waals surface area contributed by atoms with Crippen LogP contribution in [0, 0.1) is 29.9 Å². The van der Waals surface area contributed by atoms with Gasteiger partial charge in [0.1, 0.15) is 17.3 Å². The van der Waals surface area contributed by atoms with Gasteiger partial charge in [0, 0.05) is 12.1 Å². The summed E-state index contributed by atoms with van der Waals surface area (Å²) in [5.74, 6) is -2.45. The maximum atomic E-state index is 15.3. The number of aromatic nitrogens is 4. The molecule has 0 fully saturated rings. The first kappa shape index (κ1) is 28.1. The van der Waals surface area contributed by atoms with Crippen molar-refractivity contribution in [1.82, 2.24) is 19.3 Å². The average molecular weight is 557 g/mol. The average Bonchev–Trinajstić information content (AvgIpc) is 3.45. The first-order valence-electron chi connectivity index (χ1n) is 12.3. The van der Waals surface area contributed by atoms with Crippen LogP contribution in [0.4, 0.5) is 14.7 Å². The Labute approximate surface area is 223 Å². The molecule has 1 N–H and O–H groups in total. The lowest BCUT2D eigenvalue weighted by molar-refractivity contribution is 0.101. The van der Waals surface area contributed by atoms with Gasteiger partial charge in [0.15, 0.2) is 0 Å². The minimum atomic E-state index is -3.93. The summed E-state index contributed by atoms with van der Waals surface area (Å²) in [5, 5.41) is 16.0. The summed E-state index contributed by atoms with van der Waals surface area (Å²) in [6.45, 7) is 6.92. The molecule has 0 aliphatic heterocycles. The van der Waals surface area contributed by atoms with Crippen LogP contribution in [0.2, 0.25) is 0 Å². The number of carbonyl (C=O) groups is 1. The van der Waals surface area contributed by atoms with Gasteiger partial charge in [-0.25, -0.2) is 13.8 Å². The van der Waals surface area contributed by atoms with Crippen molar-refractivity contribution in [3.05, 3.63) is 70.5 Å². The SMILES string of the molecule is CCOP(=O)(OCC)c1cc(F)c(Cn2c(NC(=O)c3cc(C)nn3CC)nc3cc(C#N)ccc32)c(F)c1. The van der Waals surface area contributed by atoms with Gasteiger partial charge < -0.3 is 13.6 Å². The Balaban J connectivity index is 1.78. The van der Waals surface area contributed by atoms with Gasteiger partial charge in [-0.05, 0) is 64.1 Å². The Morgan fingerprint density at radius 2 is 1.77 bits per heavy atom. The number of nitrogens with one attached hydrogen (secondary N) is 1. The van der Waals surface area contributed by atoms with E-state index in [2.05, 4.69) is 15.4 Å². The molecule has 2 heterocycles. The van der Waals surface area contributed by atoms with Gasteiger partial charge in [0.05, 0.1) is 53.4 Å². The smallest absolute Gasteiger partial charge is 0.305 e. The third-order valence-electron chi connectivity index (χ3n) is 5.89. The Morgan fingerprint density at radius 1 is 1.10 bits per heavy atom. The lowest BCUT2D eigenvalue weighted by Crippen LogP contribution is -2.21. The van der Waals surface area contributed by atoms with Gasteiger partial charge in [-0.2, -0.15) is 10.4 Å². The van der Waals surface area contributed by atoms with Crippen LogP contribution in [-0.2, 0) is 26.7 Å². The molecular weight excluding hydrogens is 529 g/mol. The standard InChI is InChI=1S/C26H27F2N6O4P/c1-5-34-24(10-16(4)32-34)25(35)31-26-30-22-11-17(14-29)8-9-23(22)33(26)15-19-20(27)12-18(13-21(19)28)39(36,37-6-2)38-7-3/h8-13H,5-7,15H2,1-4H3,(H,30,31,35). The van der Waals surface area contributed by atoms with Crippen molar-refractivity contribution in [2.24, 2.45) is 0 Å². The van der Waals surface area contributed by atoms with E-state index in [9.17, 15) is 14.6 Å². The number of nitriles is 1. The highest BCUT2D eigenvalue weighted by molar-refractivity contribution is 7.62. The highest BCUT2D eigenvalue weighted by Crippen LogP contribution is 2.47. The van der Waals surface area contributed by atoms with E-state index in [1.165, 1.54) is 21.4 Å². The fraction of sp³-hybridized carbons (Fsp3) is 0.308. The van der Waals surface area contributed by atoms with Crippen molar-refractivity contribution in [2.45, 2.75) is 40.8 Å². The lowest BCUT2D eigenvalue weighted by Gasteiger charge is -2.18. The molecule has 13 heteroatoms. The molecule has 0 radical (unpaired) electrons. The van der Waals surface area contributed by atoms with Crippen LogP contribution in [0.1, 0.15) is 48.1 Å². The summed E-state index contributed by atoms with van der Waals surface area (Å²) < 4.78 is 57.2. The third-order valence-corrected chi connectivity index (χ3v) is 7.98. The van der Waals surface area contributed by atoms with Crippen LogP contribution >= 0.6 is 7.60 Å². The number of nitrogens with zero attached hydrogens (tertiary/aromatic N) is 5. The van der Waals surface area contributed by atoms with Crippen molar-refractivity contribution in [3.8, 4) is 6.07 Å². The highest BCUT2D eigenvalue weighted by Gasteiger charge is 2.30. The first-order chi connectivity index (χ1) is 18.6. The van der Waals surface area contributed by atoms with E-state index in [0.717, 1.165) is 12.1 Å². The van der Waals surface area contributed by atoms with Crippen molar-refractivity contribution in [1.29, 1.82) is 5.26 Å². The van der Waals surface area contributed by atoms with Crippen LogP contribution in [0.25, 0.3) is 11.0 Å². The fourth-order valence-corrected chi connectivity index (χ4v) is 5.77. The maximum Gasteiger partial charge on any atom is 0.361 e. The van der Waals surface area contributed by atoms with Crippen molar-refractivity contribution < 1.29 is 27.2 Å². The third kappa shape index (κ3) is 5.61. The number of hydrogen-bond donors (Lipinski definition) is 1. The van der Waals surface area contributed by atoms with E-state index in [4.69, 9.17) is 9.05 Å². The fourth-order valence-electron chi connectivity index (χ4n) is 4.17. The topological polar surface area (TPSA) is 124 Å². The molecule has 4 aromatic rings. The zero-order valence-corrected chi connectivity index (χ0v) is 22.8. The number of benzene rings is 2. The molecule has 0 atom stereocenters. The normalized spacial score (nSPS) is 11.6. The Bertz CT molecular complexity index is 1610. The van der Waals surface area contributed by atoms with Crippen molar-refractivity contribution in [2.75, 3.05) is 18.5 Å². The number of aryl methyl sites for hydroxylation is 2. The second kappa shape index (κ2) is 11.5. The first-order valence-corrected chi connectivity index (χ1v) is 13.8. The monoisotopic (exact) mass is 556 g/mol. The van der Waals surface area contributed by atoms with E-state index in [1.54, 1.807) is 32.9 Å². The second-order valence-electron chi connectivity index (χ2n) is 8.50. The van der Waals surface area contributed by atoms with E-state index in [-0.39, 0.29) is 42.3 Å². The Kier molecular flexibility index (Phi) is 8.25. The van der Waals surface area contributed by atoms with Crippen LogP contribution in [-0.4, -0.2) is 38.5 Å². The molecule has 0 bridgehead atoms. The molecule has 0 unspecified atom stereocenters. The van der Waals surface area contributed by atoms with E-state index < -0.39 is 25.1 Å². The number of carbonyl (C=O) groups excluding carboxylic acids is 1. The van der Waals surface area contributed by atoms with E-state index >= 15 is 8.78 Å². The Hall–Kier alpha value is -3.91. The van der Waals surface area contributed by atoms with Gasteiger partial charge in [0.25, 0.3) is 5.91 Å². The van der Waals surface area contributed by atoms with Gasteiger partial charge in [0.2, 0.25) is 5.95 Å². The molecule has 0 saturated heterocycles. The molecule has 0 spiro atoms. The van der Waals surface area contributed by atoms with E-state index in [0.29, 0.717) is 28.8 Å². The second-order valence-corrected chi connectivity index (χ2v) is 10.5. The number of rotatable bonds is 10. The Morgan fingerprint density at radius 3 is 2.36 bits per heavy atom. The summed E-state index contributed by atoms with van der Waals surface area (Å²) in [6, 6.07) is 10.1. The largest absolute Gasteiger partial charge is 0.361 e. The van der Waals surface area contributed by atoms with Crippen LogP contribution in [0.3, 0.4) is 0 Å². The van der Waals surface area contributed by atoms with Crippen LogP contribution in [0.5, 0.6) is 0 Å². The van der Waals surface area contributed by atoms with Crippen molar-refractivity contribution >= 4 is 35.8 Å². The molecule has 1 amide bonds. The number of hydrogen-bond acceptors (Lipinski definition) is 7. The summed E-state index contributed by atoms with van der Waals surface area (Å²) in [7, 11) is -3.93. The van der Waals surface area contributed by atoms with Gasteiger partial charge in [-0.15, -0.1) is 0 Å². The summed E-state index contributed by atoms with van der Waals surface area (Å²) >= 11 is 0. The molecule has 2 aromatic carbocycles. The zero-order valence-electron chi connectivity index (χ0n) is 21.9. The number of fused-ring (bicyclic) bond motifs is 1. The van der Waals surface area contributed by atoms with Gasteiger partial charge in [-0.1, -0.05) is 0 Å². The predicted octanol–water partition coefficient (Wildman–Crippen LogP) is 4.90. The molecule has 39 heavy (non-hydrogen) atoms. The molecular formula is C26H27F2N6O4P. The summed E-state index contributed by atoms with van der Waals surface area (Å²) in [4.78, 5) is 17.6. The predicted molar refractivity (Wildman–Crippen MR) is 141 cm³/mol. The lowest BCUT2D eigenvalue weighted by atomic mass is 10.2. The number of imidazole rings is 1. The zero-order chi connectivity index (χ0) is 28.3. The maximum absolute atomic E-state index is 15.3. The summed E-state index contributed by atoms with van der Waals surface area (Å²) in [5.41, 5.74) is 1.69. The number of anilines is 1. The quantitative estimate of drug-likeness (QED) is 0.276. The molecule has 0 aliphatic rings. The molecule has 0 aliphatic carbocycles. The summed E-state index contributed by atoms with van der Waals surface area (Å²) in [6.07, 6.45) is 0. The number of halogens is 2.